The molecule has 4 rings (SSSR count). The number of hydrogen-bond donors (Lipinski definition) is 1. The SMILES string of the molecule is O=C(NCc1ccccc1)C1CCC(c2ccccc2)N(Cc2cccc(Cl)c2)C1. The summed E-state index contributed by atoms with van der Waals surface area (Å²) >= 11 is 6.21. The Balaban J connectivity index is 1.47. The first-order valence-corrected chi connectivity index (χ1v) is 10.9. The van der Waals surface area contributed by atoms with Gasteiger partial charge in [-0.2, -0.15) is 0 Å². The van der Waals surface area contributed by atoms with Crippen molar-refractivity contribution in [2.24, 2.45) is 5.92 Å². The summed E-state index contributed by atoms with van der Waals surface area (Å²) in [4.78, 5) is 15.3. The van der Waals surface area contributed by atoms with Crippen molar-refractivity contribution in [1.82, 2.24) is 10.2 Å². The summed E-state index contributed by atoms with van der Waals surface area (Å²) in [6, 6.07) is 29.0. The van der Waals surface area contributed by atoms with Crippen LogP contribution in [0.3, 0.4) is 0 Å². The minimum absolute atomic E-state index is 0.00661. The number of nitrogens with one attached hydrogen (secondary N) is 1. The molecular formula is C26H27ClN2O. The number of nitrogens with zero attached hydrogens (tertiary/aromatic N) is 1. The Bertz CT molecular complexity index is 961. The molecule has 1 fully saturated rings. The molecule has 0 aliphatic carbocycles. The van der Waals surface area contributed by atoms with E-state index >= 15 is 0 Å². The summed E-state index contributed by atoms with van der Waals surface area (Å²) in [5.74, 6) is 0.134. The molecule has 2 atom stereocenters. The van der Waals surface area contributed by atoms with Crippen LogP contribution in [0.4, 0.5) is 0 Å². The number of rotatable bonds is 6. The molecule has 1 N–H and O–H groups in total. The largest absolute Gasteiger partial charge is 0.352 e. The molecule has 3 aromatic carbocycles. The van der Waals surface area contributed by atoms with E-state index in [0.717, 1.165) is 36.5 Å². The molecule has 0 aromatic heterocycles. The lowest BCUT2D eigenvalue weighted by atomic mass is 9.88. The van der Waals surface area contributed by atoms with Crippen LogP contribution in [-0.2, 0) is 17.9 Å². The summed E-state index contributed by atoms with van der Waals surface area (Å²) in [7, 11) is 0. The molecule has 1 heterocycles. The molecule has 1 aliphatic rings. The van der Waals surface area contributed by atoms with Crippen LogP contribution in [0.15, 0.2) is 84.9 Å². The number of likely N-dealkylation sites (tertiary alicyclic amines) is 1. The Morgan fingerprint density at radius 1 is 0.900 bits per heavy atom. The van der Waals surface area contributed by atoms with Crippen molar-refractivity contribution < 1.29 is 4.79 Å². The van der Waals surface area contributed by atoms with E-state index in [0.29, 0.717) is 12.6 Å². The topological polar surface area (TPSA) is 32.3 Å². The summed E-state index contributed by atoms with van der Waals surface area (Å²) in [5, 5.41) is 3.88. The molecule has 1 saturated heterocycles. The van der Waals surface area contributed by atoms with E-state index in [2.05, 4.69) is 40.5 Å². The lowest BCUT2D eigenvalue weighted by Crippen LogP contribution is -2.44. The molecule has 3 aromatic rings. The lowest BCUT2D eigenvalue weighted by Gasteiger charge is -2.39. The van der Waals surface area contributed by atoms with Crippen LogP contribution in [0.25, 0.3) is 0 Å². The second kappa shape index (κ2) is 9.92. The van der Waals surface area contributed by atoms with Gasteiger partial charge in [0, 0.05) is 30.7 Å². The van der Waals surface area contributed by atoms with Crippen LogP contribution in [0.2, 0.25) is 5.02 Å². The molecule has 3 nitrogen and oxygen atoms in total. The first-order valence-electron chi connectivity index (χ1n) is 10.5. The fourth-order valence-electron chi connectivity index (χ4n) is 4.28. The summed E-state index contributed by atoms with van der Waals surface area (Å²) in [5.41, 5.74) is 3.61. The Morgan fingerprint density at radius 3 is 2.33 bits per heavy atom. The van der Waals surface area contributed by atoms with Gasteiger partial charge in [0.05, 0.1) is 5.92 Å². The molecule has 1 aliphatic heterocycles. The van der Waals surface area contributed by atoms with E-state index in [1.165, 1.54) is 11.1 Å². The smallest absolute Gasteiger partial charge is 0.224 e. The number of carbonyl (C=O) groups is 1. The standard InChI is InChI=1S/C26H27ClN2O/c27-24-13-7-10-21(16-24)18-29-19-23(14-15-25(29)22-11-5-2-6-12-22)26(30)28-17-20-8-3-1-4-9-20/h1-13,16,23,25H,14-15,17-19H2,(H,28,30). The quantitative estimate of drug-likeness (QED) is 0.564. The highest BCUT2D eigenvalue weighted by Gasteiger charge is 2.32. The van der Waals surface area contributed by atoms with Crippen LogP contribution in [-0.4, -0.2) is 17.4 Å². The molecule has 30 heavy (non-hydrogen) atoms. The monoisotopic (exact) mass is 418 g/mol. The Morgan fingerprint density at radius 2 is 1.60 bits per heavy atom. The number of hydrogen-bond acceptors (Lipinski definition) is 2. The van der Waals surface area contributed by atoms with Gasteiger partial charge in [0.15, 0.2) is 0 Å². The van der Waals surface area contributed by atoms with E-state index in [-0.39, 0.29) is 11.8 Å². The van der Waals surface area contributed by atoms with Gasteiger partial charge < -0.3 is 5.32 Å². The zero-order valence-corrected chi connectivity index (χ0v) is 17.8. The van der Waals surface area contributed by atoms with Gasteiger partial charge in [-0.1, -0.05) is 84.4 Å². The van der Waals surface area contributed by atoms with Crippen LogP contribution >= 0.6 is 11.6 Å². The average Bonchev–Trinajstić information content (AvgIpc) is 2.79. The highest BCUT2D eigenvalue weighted by Crippen LogP contribution is 2.34. The lowest BCUT2D eigenvalue weighted by molar-refractivity contribution is -0.127. The number of amides is 1. The molecule has 0 radical (unpaired) electrons. The first kappa shape index (κ1) is 20.6. The first-order chi connectivity index (χ1) is 14.7. The average molecular weight is 419 g/mol. The Labute approximate surface area is 183 Å². The van der Waals surface area contributed by atoms with Gasteiger partial charge in [-0.25, -0.2) is 0 Å². The van der Waals surface area contributed by atoms with Gasteiger partial charge in [-0.05, 0) is 41.7 Å². The maximum atomic E-state index is 12.9. The normalized spacial score (nSPS) is 19.4. The zero-order valence-electron chi connectivity index (χ0n) is 17.0. The van der Waals surface area contributed by atoms with Gasteiger partial charge >= 0.3 is 0 Å². The molecule has 0 saturated carbocycles. The highest BCUT2D eigenvalue weighted by molar-refractivity contribution is 6.30. The Kier molecular flexibility index (Phi) is 6.83. The minimum atomic E-state index is -0.00661. The molecule has 2 unspecified atom stereocenters. The number of benzene rings is 3. The van der Waals surface area contributed by atoms with Crippen molar-refractivity contribution in [1.29, 1.82) is 0 Å². The van der Waals surface area contributed by atoms with Gasteiger partial charge in [-0.3, -0.25) is 9.69 Å². The maximum absolute atomic E-state index is 12.9. The zero-order chi connectivity index (χ0) is 20.8. The fourth-order valence-corrected chi connectivity index (χ4v) is 4.50. The molecule has 154 valence electrons. The molecule has 0 bridgehead atoms. The molecule has 4 heteroatoms. The summed E-state index contributed by atoms with van der Waals surface area (Å²) < 4.78 is 0. The summed E-state index contributed by atoms with van der Waals surface area (Å²) in [6.07, 6.45) is 1.86. The van der Waals surface area contributed by atoms with Crippen molar-refractivity contribution in [3.8, 4) is 0 Å². The second-order valence-electron chi connectivity index (χ2n) is 7.96. The molecular weight excluding hydrogens is 392 g/mol. The highest BCUT2D eigenvalue weighted by atomic mass is 35.5. The Hall–Kier alpha value is -2.62. The van der Waals surface area contributed by atoms with Crippen molar-refractivity contribution in [2.45, 2.75) is 32.0 Å². The predicted molar refractivity (Wildman–Crippen MR) is 122 cm³/mol. The van der Waals surface area contributed by atoms with Crippen molar-refractivity contribution in [3.63, 3.8) is 0 Å². The van der Waals surface area contributed by atoms with Crippen LogP contribution < -0.4 is 5.32 Å². The third-order valence-corrected chi connectivity index (χ3v) is 6.06. The summed E-state index contributed by atoms with van der Waals surface area (Å²) in [6.45, 7) is 2.10. The minimum Gasteiger partial charge on any atom is -0.352 e. The van der Waals surface area contributed by atoms with Crippen LogP contribution in [0.5, 0.6) is 0 Å². The van der Waals surface area contributed by atoms with E-state index in [1.807, 2.05) is 54.6 Å². The van der Waals surface area contributed by atoms with Crippen molar-refractivity contribution >= 4 is 17.5 Å². The number of halogens is 1. The van der Waals surface area contributed by atoms with Crippen molar-refractivity contribution in [3.05, 3.63) is 107 Å². The van der Waals surface area contributed by atoms with Crippen LogP contribution in [0.1, 0.15) is 35.6 Å². The second-order valence-corrected chi connectivity index (χ2v) is 8.40. The van der Waals surface area contributed by atoms with E-state index < -0.39 is 0 Å². The van der Waals surface area contributed by atoms with E-state index in [4.69, 9.17) is 11.6 Å². The number of piperidine rings is 1. The van der Waals surface area contributed by atoms with E-state index in [9.17, 15) is 4.79 Å². The maximum Gasteiger partial charge on any atom is 0.224 e. The van der Waals surface area contributed by atoms with Crippen LogP contribution in [0, 0.1) is 5.92 Å². The predicted octanol–water partition coefficient (Wildman–Crippen LogP) is 5.61. The third-order valence-electron chi connectivity index (χ3n) is 5.82. The molecule has 0 spiro atoms. The van der Waals surface area contributed by atoms with Crippen molar-refractivity contribution in [2.75, 3.05) is 6.54 Å². The number of carbonyl (C=O) groups excluding carboxylic acids is 1. The van der Waals surface area contributed by atoms with Gasteiger partial charge in [0.1, 0.15) is 0 Å². The van der Waals surface area contributed by atoms with Gasteiger partial charge in [0.25, 0.3) is 0 Å². The van der Waals surface area contributed by atoms with Gasteiger partial charge in [0.2, 0.25) is 5.91 Å². The molecule has 1 amide bonds. The van der Waals surface area contributed by atoms with E-state index in [1.54, 1.807) is 0 Å². The third kappa shape index (κ3) is 5.29. The van der Waals surface area contributed by atoms with Gasteiger partial charge in [-0.15, -0.1) is 0 Å². The fraction of sp³-hybridized carbons (Fsp3) is 0.269.